The van der Waals surface area contributed by atoms with E-state index in [-0.39, 0.29) is 31.2 Å². The molecule has 0 bridgehead atoms. The smallest absolute Gasteiger partial charge is 0.326 e. The van der Waals surface area contributed by atoms with E-state index in [2.05, 4.69) is 21.3 Å². The highest BCUT2D eigenvalue weighted by Gasteiger charge is 2.44. The molecule has 1 aromatic carbocycles. The van der Waals surface area contributed by atoms with E-state index in [4.69, 9.17) is 10.5 Å². The minimum Gasteiger partial charge on any atom is -0.451 e. The lowest BCUT2D eigenvalue weighted by atomic mass is 9.82. The normalized spacial score (nSPS) is 20.3. The highest BCUT2D eigenvalue weighted by Crippen LogP contribution is 2.43. The Bertz CT molecular complexity index is 1210. The number of esters is 1. The quantitative estimate of drug-likeness (QED) is 0.0844. The van der Waals surface area contributed by atoms with Gasteiger partial charge in [0.05, 0.1) is 18.2 Å². The molecule has 0 radical (unpaired) electrons. The molecule has 13 heteroatoms. The number of rotatable bonds is 19. The first-order valence-electron chi connectivity index (χ1n) is 16.2. The van der Waals surface area contributed by atoms with E-state index in [1.165, 1.54) is 6.92 Å². The van der Waals surface area contributed by atoms with E-state index in [1.807, 2.05) is 38.1 Å². The van der Waals surface area contributed by atoms with Crippen LogP contribution in [-0.4, -0.2) is 83.1 Å². The number of anilines is 1. The first-order valence-corrected chi connectivity index (χ1v) is 16.2. The van der Waals surface area contributed by atoms with Crippen molar-refractivity contribution >= 4 is 35.2 Å². The Kier molecular flexibility index (Phi) is 15.1. The highest BCUT2D eigenvalue weighted by atomic mass is 16.5. The molecule has 2 rings (SSSR count). The van der Waals surface area contributed by atoms with Crippen molar-refractivity contribution in [3.05, 3.63) is 29.8 Å². The second kappa shape index (κ2) is 18.0. The molecular formula is C33H53N5O8. The Morgan fingerprint density at radius 2 is 1.67 bits per heavy atom. The summed E-state index contributed by atoms with van der Waals surface area (Å²) in [6.07, 6.45) is 0.459. The second-order valence-corrected chi connectivity index (χ2v) is 12.7. The maximum absolute atomic E-state index is 13.3. The van der Waals surface area contributed by atoms with Gasteiger partial charge in [0, 0.05) is 30.1 Å². The Morgan fingerprint density at radius 3 is 2.28 bits per heavy atom. The summed E-state index contributed by atoms with van der Waals surface area (Å²) in [6, 6.07) is 5.02. The lowest BCUT2D eigenvalue weighted by Crippen LogP contribution is -2.55. The van der Waals surface area contributed by atoms with Crippen LogP contribution in [-0.2, 0) is 34.3 Å². The first kappa shape index (κ1) is 38.6. The number of hydrogen-bond donors (Lipinski definition) is 7. The number of unbranched alkanes of at least 4 members (excludes halogenated alkanes) is 2. The average Bonchev–Trinajstić information content (AvgIpc) is 3.25. The fourth-order valence-electron chi connectivity index (χ4n) is 5.53. The number of hydrogen-bond acceptors (Lipinski definition) is 10. The van der Waals surface area contributed by atoms with E-state index in [1.54, 1.807) is 20.8 Å². The van der Waals surface area contributed by atoms with Crippen molar-refractivity contribution in [2.45, 2.75) is 116 Å². The van der Waals surface area contributed by atoms with Gasteiger partial charge >= 0.3 is 5.97 Å². The van der Waals surface area contributed by atoms with E-state index >= 15 is 0 Å². The van der Waals surface area contributed by atoms with Crippen molar-refractivity contribution < 1.29 is 38.9 Å². The van der Waals surface area contributed by atoms with Crippen LogP contribution in [0.2, 0.25) is 0 Å². The molecule has 13 nitrogen and oxygen atoms in total. The SMILES string of the molecule is CCCCC[C@H](NC(=O)[C@@H](C[C@@H](O)CN)NC(=O)[C@@H](OC(=O)CNC(=O)[C@@H](C)C[C@@]1(O)c2ccccc2N[C@H]1C)C(C)C)C(C)=O. The second-order valence-electron chi connectivity index (χ2n) is 12.7. The number of amides is 3. The van der Waals surface area contributed by atoms with E-state index in [0.29, 0.717) is 12.0 Å². The van der Waals surface area contributed by atoms with E-state index in [9.17, 15) is 34.2 Å². The summed E-state index contributed by atoms with van der Waals surface area (Å²) in [5, 5.41) is 32.5. The molecule has 0 aromatic heterocycles. The number of carbonyl (C=O) groups excluding carboxylic acids is 5. The molecule has 1 aliphatic heterocycles. The molecule has 8 N–H and O–H groups in total. The van der Waals surface area contributed by atoms with Crippen LogP contribution in [0.3, 0.4) is 0 Å². The number of para-hydroxylation sites is 1. The van der Waals surface area contributed by atoms with Gasteiger partial charge in [-0.05, 0) is 38.7 Å². The van der Waals surface area contributed by atoms with Crippen molar-refractivity contribution in [3.63, 3.8) is 0 Å². The zero-order valence-corrected chi connectivity index (χ0v) is 27.9. The summed E-state index contributed by atoms with van der Waals surface area (Å²) < 4.78 is 5.42. The van der Waals surface area contributed by atoms with Crippen LogP contribution in [0.4, 0.5) is 5.69 Å². The highest BCUT2D eigenvalue weighted by molar-refractivity contribution is 5.93. The Balaban J connectivity index is 2.01. The molecule has 0 saturated carbocycles. The lowest BCUT2D eigenvalue weighted by Gasteiger charge is -2.30. The molecule has 1 heterocycles. The largest absolute Gasteiger partial charge is 0.451 e. The van der Waals surface area contributed by atoms with Gasteiger partial charge in [-0.2, -0.15) is 0 Å². The number of aliphatic hydroxyl groups excluding tert-OH is 1. The molecule has 258 valence electrons. The van der Waals surface area contributed by atoms with Crippen molar-refractivity contribution in [3.8, 4) is 0 Å². The Morgan fingerprint density at radius 1 is 1.02 bits per heavy atom. The number of Topliss-reactive ketones (excluding diaryl/α,β-unsaturated/α-hetero) is 1. The number of aliphatic hydroxyl groups is 2. The maximum atomic E-state index is 13.3. The maximum Gasteiger partial charge on any atom is 0.326 e. The summed E-state index contributed by atoms with van der Waals surface area (Å²) in [5.41, 5.74) is 5.76. The molecule has 0 spiro atoms. The van der Waals surface area contributed by atoms with Gasteiger partial charge in [-0.25, -0.2) is 0 Å². The summed E-state index contributed by atoms with van der Waals surface area (Å²) in [6.45, 7) is 9.50. The van der Waals surface area contributed by atoms with Crippen LogP contribution in [0.1, 0.15) is 85.6 Å². The fourth-order valence-corrected chi connectivity index (χ4v) is 5.53. The molecule has 3 amide bonds. The minimum absolute atomic E-state index is 0.108. The lowest BCUT2D eigenvalue weighted by molar-refractivity contribution is -0.159. The third kappa shape index (κ3) is 10.8. The fraction of sp³-hybridized carbons (Fsp3) is 0.667. The Labute approximate surface area is 271 Å². The predicted octanol–water partition coefficient (Wildman–Crippen LogP) is 1.25. The van der Waals surface area contributed by atoms with Crippen LogP contribution < -0.4 is 27.0 Å². The molecule has 0 saturated heterocycles. The van der Waals surface area contributed by atoms with Gasteiger partial charge in [0.2, 0.25) is 11.8 Å². The van der Waals surface area contributed by atoms with Gasteiger partial charge < -0.3 is 42.0 Å². The molecule has 1 aromatic rings. The van der Waals surface area contributed by atoms with Gasteiger partial charge in [-0.3, -0.25) is 24.0 Å². The molecule has 0 unspecified atom stereocenters. The minimum atomic E-state index is -1.32. The first-order chi connectivity index (χ1) is 21.6. The molecule has 7 atom stereocenters. The monoisotopic (exact) mass is 647 g/mol. The molecule has 0 fully saturated rings. The van der Waals surface area contributed by atoms with Crippen LogP contribution in [0, 0.1) is 11.8 Å². The van der Waals surface area contributed by atoms with Gasteiger partial charge in [0.1, 0.15) is 18.2 Å². The summed E-state index contributed by atoms with van der Waals surface area (Å²) >= 11 is 0. The standard InChI is InChI=1S/C33H53N5O8/c1-7-8-9-13-25(21(5)39)37-31(43)27(15-23(40)17-34)38-32(44)29(19(2)3)46-28(41)18-35-30(42)20(4)16-33(45)22(6)36-26-14-11-10-12-24(26)33/h10-12,14,19-20,22-23,25,27,29,36,40,45H,7-9,13,15-18,34H2,1-6H3,(H,35,42)(H,37,43)(H,38,44)/t20-,22-,23+,25-,27+,29-,33-/m0/s1. The summed E-state index contributed by atoms with van der Waals surface area (Å²) in [4.78, 5) is 64.2. The zero-order chi connectivity index (χ0) is 34.6. The number of ketones is 1. The number of ether oxygens (including phenoxy) is 1. The van der Waals surface area contributed by atoms with Crippen LogP contribution in [0.25, 0.3) is 0 Å². The van der Waals surface area contributed by atoms with Gasteiger partial charge in [0.25, 0.3) is 5.91 Å². The predicted molar refractivity (Wildman–Crippen MR) is 173 cm³/mol. The number of carbonyl (C=O) groups is 5. The van der Waals surface area contributed by atoms with Gasteiger partial charge in [-0.1, -0.05) is 65.2 Å². The van der Waals surface area contributed by atoms with Crippen molar-refractivity contribution in [1.29, 1.82) is 0 Å². The topological polar surface area (TPSA) is 209 Å². The van der Waals surface area contributed by atoms with Crippen LogP contribution >= 0.6 is 0 Å². The van der Waals surface area contributed by atoms with Crippen LogP contribution in [0.5, 0.6) is 0 Å². The van der Waals surface area contributed by atoms with E-state index < -0.39 is 72.0 Å². The zero-order valence-electron chi connectivity index (χ0n) is 27.9. The van der Waals surface area contributed by atoms with Gasteiger partial charge in [0.15, 0.2) is 11.9 Å². The number of nitrogens with two attached hydrogens (primary N) is 1. The van der Waals surface area contributed by atoms with Crippen molar-refractivity contribution in [2.75, 3.05) is 18.4 Å². The molecule has 1 aliphatic rings. The number of fused-ring (bicyclic) bond motifs is 1. The third-order valence-electron chi connectivity index (χ3n) is 8.39. The summed E-state index contributed by atoms with van der Waals surface area (Å²) in [7, 11) is 0. The van der Waals surface area contributed by atoms with Crippen LogP contribution in [0.15, 0.2) is 24.3 Å². The molecule has 0 aliphatic carbocycles. The van der Waals surface area contributed by atoms with Gasteiger partial charge in [-0.15, -0.1) is 0 Å². The van der Waals surface area contributed by atoms with Crippen molar-refractivity contribution in [2.24, 2.45) is 17.6 Å². The number of nitrogens with one attached hydrogen (secondary N) is 4. The molecule has 46 heavy (non-hydrogen) atoms. The third-order valence-corrected chi connectivity index (χ3v) is 8.39. The number of benzene rings is 1. The summed E-state index contributed by atoms with van der Waals surface area (Å²) in [5.74, 6) is -4.18. The van der Waals surface area contributed by atoms with E-state index in [0.717, 1.165) is 24.9 Å². The average molecular weight is 648 g/mol. The Hall–Kier alpha value is -3.55. The van der Waals surface area contributed by atoms with Crippen molar-refractivity contribution in [1.82, 2.24) is 16.0 Å². The molecular weight excluding hydrogens is 594 g/mol.